The third-order valence-corrected chi connectivity index (χ3v) is 5.99. The number of aliphatic carboxylic acids is 1. The van der Waals surface area contributed by atoms with E-state index in [1.165, 1.54) is 0 Å². The van der Waals surface area contributed by atoms with E-state index in [0.717, 1.165) is 0 Å². The van der Waals surface area contributed by atoms with Crippen molar-refractivity contribution in [3.8, 4) is 0 Å². The van der Waals surface area contributed by atoms with Gasteiger partial charge in [-0.1, -0.05) is 20.8 Å². The molecule has 7 heteroatoms. The Balaban J connectivity index is 3.00. The fraction of sp³-hybridized carbons (Fsp3) is 0.889. The molecule has 1 amide bonds. The summed E-state index contributed by atoms with van der Waals surface area (Å²) in [5.41, 5.74) is -1.15. The van der Waals surface area contributed by atoms with Gasteiger partial charge in [-0.3, -0.25) is 4.79 Å². The van der Waals surface area contributed by atoms with Crippen LogP contribution in [0.5, 0.6) is 0 Å². The Morgan fingerprint density at radius 3 is 2.04 bits per heavy atom. The zero-order chi connectivity index (χ0) is 19.6. The van der Waals surface area contributed by atoms with Gasteiger partial charge in [0, 0.05) is 6.54 Å². The summed E-state index contributed by atoms with van der Waals surface area (Å²) in [6, 6.07) is -0.187. The summed E-state index contributed by atoms with van der Waals surface area (Å²) < 4.78 is 11.8. The van der Waals surface area contributed by atoms with Crippen LogP contribution in [-0.2, 0) is 14.0 Å². The average Bonchev–Trinajstić information content (AvgIpc) is 2.42. The van der Waals surface area contributed by atoms with Gasteiger partial charge in [-0.05, 0) is 52.5 Å². The molecule has 1 rings (SSSR count). The molecule has 6 nitrogen and oxygen atoms in total. The van der Waals surface area contributed by atoms with E-state index in [9.17, 15) is 14.7 Å². The SMILES string of the molecule is CC(C)(C)OC(=O)N1C[C@@H](C(=O)O)CC[C@@H]1C(C)(C)O[SiH2]C(C)(C)C. The molecule has 0 aliphatic carbocycles. The van der Waals surface area contributed by atoms with Crippen molar-refractivity contribution in [3.05, 3.63) is 0 Å². The maximum absolute atomic E-state index is 12.7. The first-order chi connectivity index (χ1) is 11.1. The van der Waals surface area contributed by atoms with Crippen LogP contribution in [0.4, 0.5) is 4.79 Å². The van der Waals surface area contributed by atoms with Crippen LogP contribution in [0, 0.1) is 5.92 Å². The molecule has 1 fully saturated rings. The molecule has 0 spiro atoms. The summed E-state index contributed by atoms with van der Waals surface area (Å²) in [5, 5.41) is 9.51. The molecular formula is C18H35NO5Si. The summed E-state index contributed by atoms with van der Waals surface area (Å²) >= 11 is 0. The highest BCUT2D eigenvalue weighted by Gasteiger charge is 2.44. The van der Waals surface area contributed by atoms with E-state index in [4.69, 9.17) is 9.16 Å². The van der Waals surface area contributed by atoms with Gasteiger partial charge >= 0.3 is 12.1 Å². The molecule has 25 heavy (non-hydrogen) atoms. The van der Waals surface area contributed by atoms with Gasteiger partial charge in [-0.25, -0.2) is 4.79 Å². The van der Waals surface area contributed by atoms with Gasteiger partial charge in [0.25, 0.3) is 0 Å². The second kappa shape index (κ2) is 7.66. The summed E-state index contributed by atoms with van der Waals surface area (Å²) in [4.78, 5) is 25.7. The normalized spacial score (nSPS) is 23.1. The molecule has 1 saturated heterocycles. The Morgan fingerprint density at radius 2 is 1.60 bits per heavy atom. The highest BCUT2D eigenvalue weighted by Crippen LogP contribution is 2.34. The van der Waals surface area contributed by atoms with E-state index >= 15 is 0 Å². The quantitative estimate of drug-likeness (QED) is 0.766. The van der Waals surface area contributed by atoms with Gasteiger partial charge in [-0.15, -0.1) is 0 Å². The number of carbonyl (C=O) groups excluding carboxylic acids is 1. The first-order valence-electron chi connectivity index (χ1n) is 8.99. The van der Waals surface area contributed by atoms with Crippen molar-refractivity contribution in [2.75, 3.05) is 6.54 Å². The molecule has 1 N–H and O–H groups in total. The number of carboxylic acids is 1. The monoisotopic (exact) mass is 373 g/mol. The molecule has 0 bridgehead atoms. The number of piperidine rings is 1. The van der Waals surface area contributed by atoms with Crippen molar-refractivity contribution in [3.63, 3.8) is 0 Å². The zero-order valence-corrected chi connectivity index (χ0v) is 18.4. The maximum atomic E-state index is 12.7. The lowest BCUT2D eigenvalue weighted by Crippen LogP contribution is -2.59. The molecule has 0 aromatic carbocycles. The first kappa shape index (κ1) is 22.0. The molecule has 0 saturated carbocycles. The van der Waals surface area contributed by atoms with Gasteiger partial charge in [0.1, 0.15) is 5.60 Å². The lowest BCUT2D eigenvalue weighted by molar-refractivity contribution is -0.145. The summed E-state index contributed by atoms with van der Waals surface area (Å²) in [5.74, 6) is -1.42. The highest BCUT2D eigenvalue weighted by molar-refractivity contribution is 6.31. The predicted octanol–water partition coefficient (Wildman–Crippen LogP) is 3.18. The minimum atomic E-state index is -0.866. The Morgan fingerprint density at radius 1 is 1.04 bits per heavy atom. The van der Waals surface area contributed by atoms with Crippen molar-refractivity contribution < 1.29 is 23.9 Å². The van der Waals surface area contributed by atoms with E-state index in [1.54, 1.807) is 4.90 Å². The minimum absolute atomic E-state index is 0.145. The van der Waals surface area contributed by atoms with Crippen LogP contribution in [0.15, 0.2) is 0 Å². The van der Waals surface area contributed by atoms with Crippen molar-refractivity contribution in [1.29, 1.82) is 0 Å². The van der Waals surface area contributed by atoms with E-state index in [0.29, 0.717) is 12.8 Å². The third-order valence-electron chi connectivity index (χ3n) is 4.24. The minimum Gasteiger partial charge on any atom is -0.481 e. The number of carbonyl (C=O) groups is 2. The van der Waals surface area contributed by atoms with Crippen LogP contribution in [0.3, 0.4) is 0 Å². The lowest BCUT2D eigenvalue weighted by Gasteiger charge is -2.47. The highest BCUT2D eigenvalue weighted by atomic mass is 28.2. The molecule has 1 aliphatic rings. The second-order valence-electron chi connectivity index (χ2n) is 9.71. The Labute approximate surface area is 154 Å². The molecule has 1 heterocycles. The van der Waals surface area contributed by atoms with Gasteiger partial charge in [0.15, 0.2) is 9.76 Å². The molecule has 0 aromatic rings. The smallest absolute Gasteiger partial charge is 0.410 e. The van der Waals surface area contributed by atoms with Gasteiger partial charge < -0.3 is 19.2 Å². The Kier molecular flexibility index (Phi) is 6.73. The average molecular weight is 374 g/mol. The van der Waals surface area contributed by atoms with Crippen LogP contribution in [0.25, 0.3) is 0 Å². The molecule has 0 radical (unpaired) electrons. The van der Waals surface area contributed by atoms with E-state index in [-0.39, 0.29) is 17.6 Å². The number of hydrogen-bond donors (Lipinski definition) is 1. The summed E-state index contributed by atoms with van der Waals surface area (Å²) in [6.07, 6.45) is 0.683. The van der Waals surface area contributed by atoms with Crippen LogP contribution in [0.1, 0.15) is 68.2 Å². The number of amides is 1. The summed E-state index contributed by atoms with van der Waals surface area (Å²) in [6.45, 7) is 16.1. The van der Waals surface area contributed by atoms with E-state index < -0.39 is 38.9 Å². The van der Waals surface area contributed by atoms with Gasteiger partial charge in [-0.2, -0.15) is 0 Å². The fourth-order valence-corrected chi connectivity index (χ4v) is 3.91. The summed E-state index contributed by atoms with van der Waals surface area (Å²) in [7, 11) is -0.804. The van der Waals surface area contributed by atoms with Crippen LogP contribution >= 0.6 is 0 Å². The maximum Gasteiger partial charge on any atom is 0.410 e. The largest absolute Gasteiger partial charge is 0.481 e. The number of rotatable bonds is 4. The van der Waals surface area contributed by atoms with Crippen LogP contribution in [-0.4, -0.2) is 55.6 Å². The predicted molar refractivity (Wildman–Crippen MR) is 101 cm³/mol. The Hall–Kier alpha value is -1.08. The molecule has 1 aliphatic heterocycles. The third kappa shape index (κ3) is 6.97. The standard InChI is InChI=1S/C18H35NO5Si/c1-16(2,3)23-15(22)19-11-12(14(20)21)9-10-13(19)18(7,8)24-25-17(4,5)6/h12-13H,9-11,25H2,1-8H3,(H,20,21)/t12-,13+/m0/s1. The van der Waals surface area contributed by atoms with Crippen molar-refractivity contribution in [1.82, 2.24) is 4.90 Å². The van der Waals surface area contributed by atoms with Crippen LogP contribution in [0.2, 0.25) is 5.04 Å². The lowest BCUT2D eigenvalue weighted by atomic mass is 9.85. The molecule has 2 atom stereocenters. The Bertz CT molecular complexity index is 493. The van der Waals surface area contributed by atoms with Crippen molar-refractivity contribution >= 4 is 21.8 Å². The molecule has 0 aromatic heterocycles. The fourth-order valence-electron chi connectivity index (χ4n) is 2.92. The van der Waals surface area contributed by atoms with Crippen molar-refractivity contribution in [2.24, 2.45) is 5.92 Å². The van der Waals surface area contributed by atoms with E-state index in [2.05, 4.69) is 20.8 Å². The second-order valence-corrected chi connectivity index (χ2v) is 12.4. The van der Waals surface area contributed by atoms with Gasteiger partial charge in [0.2, 0.25) is 0 Å². The number of nitrogens with zero attached hydrogens (tertiary/aromatic N) is 1. The zero-order valence-electron chi connectivity index (χ0n) is 17.0. The molecule has 146 valence electrons. The molecule has 0 unspecified atom stereocenters. The number of likely N-dealkylation sites (tertiary alicyclic amines) is 1. The number of hydrogen-bond acceptors (Lipinski definition) is 4. The topological polar surface area (TPSA) is 76.1 Å². The number of ether oxygens (including phenoxy) is 1. The molecular weight excluding hydrogens is 338 g/mol. The van der Waals surface area contributed by atoms with Gasteiger partial charge in [0.05, 0.1) is 17.6 Å². The van der Waals surface area contributed by atoms with Crippen molar-refractivity contribution in [2.45, 2.75) is 90.5 Å². The number of carboxylic acid groups (broad SMARTS) is 1. The van der Waals surface area contributed by atoms with Crippen LogP contribution < -0.4 is 0 Å². The first-order valence-corrected chi connectivity index (χ1v) is 10.3. The van der Waals surface area contributed by atoms with E-state index in [1.807, 2.05) is 34.6 Å².